The molecule has 1 fully saturated rings. The van der Waals surface area contributed by atoms with Crippen molar-refractivity contribution in [1.29, 1.82) is 0 Å². The van der Waals surface area contributed by atoms with Crippen LogP contribution in [-0.4, -0.2) is 23.7 Å². The third-order valence-electron chi connectivity index (χ3n) is 2.94. The number of epoxide rings is 1. The first kappa shape index (κ1) is 11.9. The Hall–Kier alpha value is -1.62. The van der Waals surface area contributed by atoms with Crippen molar-refractivity contribution in [3.8, 4) is 5.75 Å². The van der Waals surface area contributed by atoms with E-state index in [4.69, 9.17) is 9.47 Å². The molecule has 1 saturated heterocycles. The molecule has 17 heavy (non-hydrogen) atoms. The molecule has 1 aromatic carbocycles. The van der Waals surface area contributed by atoms with Crippen molar-refractivity contribution < 1.29 is 14.4 Å². The van der Waals surface area contributed by atoms with E-state index in [1.807, 2.05) is 20.8 Å². The van der Waals surface area contributed by atoms with E-state index in [-0.39, 0.29) is 11.3 Å². The molecule has 1 atom stereocenters. The second-order valence-electron chi connectivity index (χ2n) is 4.69. The lowest BCUT2D eigenvalue weighted by Crippen LogP contribution is -2.17. The summed E-state index contributed by atoms with van der Waals surface area (Å²) in [5.41, 5.74) is 1.61. The van der Waals surface area contributed by atoms with Crippen LogP contribution < -0.4 is 4.74 Å². The fraction of sp³-hybridized carbons (Fsp3) is 0.500. The van der Waals surface area contributed by atoms with Crippen molar-refractivity contribution in [2.75, 3.05) is 13.2 Å². The van der Waals surface area contributed by atoms with Crippen molar-refractivity contribution in [2.45, 2.75) is 26.4 Å². The zero-order chi connectivity index (χ0) is 12.6. The summed E-state index contributed by atoms with van der Waals surface area (Å²) in [6.45, 7) is 6.65. The fourth-order valence-electron chi connectivity index (χ4n) is 1.47. The molecule has 5 nitrogen and oxygen atoms in total. The smallest absolute Gasteiger partial charge is 0.311 e. The SMILES string of the molecule is Cc1cc(OCC2(C)CO2)c([N+](=O)[O-])cc1C. The van der Waals surface area contributed by atoms with Gasteiger partial charge in [-0.1, -0.05) is 0 Å². The molecule has 0 amide bonds. The highest BCUT2D eigenvalue weighted by atomic mass is 16.6. The van der Waals surface area contributed by atoms with E-state index in [0.717, 1.165) is 11.1 Å². The molecule has 5 heteroatoms. The maximum atomic E-state index is 10.9. The van der Waals surface area contributed by atoms with Gasteiger partial charge in [0.25, 0.3) is 0 Å². The molecule has 1 aromatic rings. The Kier molecular flexibility index (Phi) is 2.79. The molecule has 92 valence electrons. The quantitative estimate of drug-likeness (QED) is 0.458. The molecule has 1 unspecified atom stereocenters. The molecule has 0 aliphatic carbocycles. The minimum absolute atomic E-state index is 0.0114. The van der Waals surface area contributed by atoms with Gasteiger partial charge in [-0.25, -0.2) is 0 Å². The zero-order valence-electron chi connectivity index (χ0n) is 10.1. The maximum absolute atomic E-state index is 10.9. The summed E-state index contributed by atoms with van der Waals surface area (Å²) < 4.78 is 10.7. The second kappa shape index (κ2) is 4.00. The van der Waals surface area contributed by atoms with Crippen LogP contribution in [0.3, 0.4) is 0 Å². The average molecular weight is 237 g/mol. The number of hydrogen-bond donors (Lipinski definition) is 0. The molecule has 1 heterocycles. The number of nitro benzene ring substituents is 1. The van der Waals surface area contributed by atoms with Crippen LogP contribution in [0.25, 0.3) is 0 Å². The first-order chi connectivity index (χ1) is 7.91. The summed E-state index contributed by atoms with van der Waals surface area (Å²) in [7, 11) is 0. The van der Waals surface area contributed by atoms with Gasteiger partial charge in [0.15, 0.2) is 5.75 Å². The predicted molar refractivity (Wildman–Crippen MR) is 62.4 cm³/mol. The molecule has 0 saturated carbocycles. The van der Waals surface area contributed by atoms with E-state index in [1.54, 1.807) is 12.1 Å². The largest absolute Gasteiger partial charge is 0.484 e. The third-order valence-corrected chi connectivity index (χ3v) is 2.94. The Morgan fingerprint density at radius 1 is 1.47 bits per heavy atom. The lowest BCUT2D eigenvalue weighted by molar-refractivity contribution is -0.386. The number of hydrogen-bond acceptors (Lipinski definition) is 4. The van der Waals surface area contributed by atoms with Crippen LogP contribution in [0.1, 0.15) is 18.1 Å². The summed E-state index contributed by atoms with van der Waals surface area (Å²) in [4.78, 5) is 10.5. The van der Waals surface area contributed by atoms with E-state index in [9.17, 15) is 10.1 Å². The third kappa shape index (κ3) is 2.55. The Bertz CT molecular complexity index is 466. The Balaban J connectivity index is 2.24. The van der Waals surface area contributed by atoms with Crippen LogP contribution in [-0.2, 0) is 4.74 Å². The monoisotopic (exact) mass is 237 g/mol. The zero-order valence-corrected chi connectivity index (χ0v) is 10.1. The highest BCUT2D eigenvalue weighted by molar-refractivity contribution is 5.51. The molecule has 0 spiro atoms. The summed E-state index contributed by atoms with van der Waals surface area (Å²) >= 11 is 0. The number of nitro groups is 1. The molecule has 0 N–H and O–H groups in total. The van der Waals surface area contributed by atoms with E-state index in [1.165, 1.54) is 0 Å². The van der Waals surface area contributed by atoms with Crippen LogP contribution >= 0.6 is 0 Å². The predicted octanol–water partition coefficient (Wildman–Crippen LogP) is 2.38. The normalized spacial score (nSPS) is 22.3. The molecular weight excluding hydrogens is 222 g/mol. The van der Waals surface area contributed by atoms with E-state index >= 15 is 0 Å². The summed E-state index contributed by atoms with van der Waals surface area (Å²) in [5.74, 6) is 0.315. The maximum Gasteiger partial charge on any atom is 0.311 e. The van der Waals surface area contributed by atoms with Gasteiger partial charge < -0.3 is 9.47 Å². The van der Waals surface area contributed by atoms with Crippen molar-refractivity contribution in [3.63, 3.8) is 0 Å². The minimum atomic E-state index is -0.419. The molecule has 2 rings (SSSR count). The fourth-order valence-corrected chi connectivity index (χ4v) is 1.47. The van der Waals surface area contributed by atoms with E-state index < -0.39 is 4.92 Å². The van der Waals surface area contributed by atoms with Crippen LogP contribution in [0.2, 0.25) is 0 Å². The Labute approximate surface area is 99.5 Å². The molecule has 0 radical (unpaired) electrons. The van der Waals surface area contributed by atoms with Gasteiger partial charge in [-0.05, 0) is 38.0 Å². The highest BCUT2D eigenvalue weighted by Gasteiger charge is 2.40. The summed E-state index contributed by atoms with van der Waals surface area (Å²) in [6.07, 6.45) is 0. The lowest BCUT2D eigenvalue weighted by Gasteiger charge is -2.10. The van der Waals surface area contributed by atoms with E-state index in [2.05, 4.69) is 0 Å². The van der Waals surface area contributed by atoms with Crippen LogP contribution in [0.15, 0.2) is 12.1 Å². The van der Waals surface area contributed by atoms with Gasteiger partial charge in [0, 0.05) is 6.07 Å². The number of rotatable bonds is 4. The van der Waals surface area contributed by atoms with Gasteiger partial charge in [-0.15, -0.1) is 0 Å². The Morgan fingerprint density at radius 2 is 2.06 bits per heavy atom. The van der Waals surface area contributed by atoms with E-state index in [0.29, 0.717) is 19.0 Å². The molecular formula is C12H15NO4. The molecule has 1 aliphatic rings. The highest BCUT2D eigenvalue weighted by Crippen LogP contribution is 2.33. The van der Waals surface area contributed by atoms with Gasteiger partial charge >= 0.3 is 5.69 Å². The lowest BCUT2D eigenvalue weighted by atomic mass is 10.1. The van der Waals surface area contributed by atoms with Crippen molar-refractivity contribution in [2.24, 2.45) is 0 Å². The average Bonchev–Trinajstić information content (AvgIpc) is 2.98. The number of ether oxygens (including phenoxy) is 2. The number of nitrogens with zero attached hydrogens (tertiary/aromatic N) is 1. The second-order valence-corrected chi connectivity index (χ2v) is 4.69. The first-order valence-corrected chi connectivity index (χ1v) is 5.44. The van der Waals surface area contributed by atoms with Gasteiger partial charge in [0.05, 0.1) is 11.5 Å². The number of benzene rings is 1. The van der Waals surface area contributed by atoms with Crippen molar-refractivity contribution in [1.82, 2.24) is 0 Å². The van der Waals surface area contributed by atoms with Crippen molar-refractivity contribution in [3.05, 3.63) is 33.4 Å². The number of aryl methyl sites for hydroxylation is 2. The first-order valence-electron chi connectivity index (χ1n) is 5.44. The van der Waals surface area contributed by atoms with Gasteiger partial charge in [0.2, 0.25) is 0 Å². The van der Waals surface area contributed by atoms with Gasteiger partial charge in [-0.3, -0.25) is 10.1 Å². The van der Waals surface area contributed by atoms with Gasteiger partial charge in [-0.2, -0.15) is 0 Å². The van der Waals surface area contributed by atoms with Crippen LogP contribution in [0.4, 0.5) is 5.69 Å². The topological polar surface area (TPSA) is 64.9 Å². The standard InChI is InChI=1S/C12H15NO4/c1-8-4-10(13(14)15)11(5-9(8)2)16-6-12(3)7-17-12/h4-5H,6-7H2,1-3H3. The minimum Gasteiger partial charge on any atom is -0.484 e. The van der Waals surface area contributed by atoms with Gasteiger partial charge in [0.1, 0.15) is 12.2 Å². The molecule has 0 aromatic heterocycles. The summed E-state index contributed by atoms with van der Waals surface area (Å²) in [6, 6.07) is 3.25. The van der Waals surface area contributed by atoms with Crippen LogP contribution in [0.5, 0.6) is 5.75 Å². The summed E-state index contributed by atoms with van der Waals surface area (Å²) in [5, 5.41) is 10.9. The molecule has 0 bridgehead atoms. The Morgan fingerprint density at radius 3 is 2.59 bits per heavy atom. The van der Waals surface area contributed by atoms with Crippen LogP contribution in [0, 0.1) is 24.0 Å². The van der Waals surface area contributed by atoms with Crippen molar-refractivity contribution >= 4 is 5.69 Å². The molecule has 1 aliphatic heterocycles.